The van der Waals surface area contributed by atoms with E-state index in [1.807, 2.05) is 12.1 Å². The van der Waals surface area contributed by atoms with Crippen molar-refractivity contribution in [1.82, 2.24) is 4.90 Å². The molecule has 0 saturated carbocycles. The van der Waals surface area contributed by atoms with Crippen molar-refractivity contribution in [1.29, 1.82) is 0 Å². The predicted octanol–water partition coefficient (Wildman–Crippen LogP) is 2.41. The highest BCUT2D eigenvalue weighted by atomic mass is 32.2. The van der Waals surface area contributed by atoms with Crippen LogP contribution in [-0.2, 0) is 20.0 Å². The van der Waals surface area contributed by atoms with Gasteiger partial charge in [-0.1, -0.05) is 39.8 Å². The molecular weight excluding hydrogens is 314 g/mol. The molecule has 0 saturated heterocycles. The van der Waals surface area contributed by atoms with Crippen molar-refractivity contribution in [2.45, 2.75) is 38.0 Å². The third-order valence-electron chi connectivity index (χ3n) is 3.83. The summed E-state index contributed by atoms with van der Waals surface area (Å²) in [6.45, 7) is 8.48. The highest BCUT2D eigenvalue weighted by Gasteiger charge is 2.19. The largest absolute Gasteiger partial charge is 0.481 e. The number of carboxylic acid groups (broad SMARTS) is 1. The molecular formula is C17H27NO4S. The molecule has 0 amide bonds. The van der Waals surface area contributed by atoms with Gasteiger partial charge in [-0.3, -0.25) is 4.79 Å². The zero-order valence-corrected chi connectivity index (χ0v) is 15.4. The van der Waals surface area contributed by atoms with Crippen molar-refractivity contribution in [3.8, 4) is 0 Å². The number of carbonyl (C=O) groups is 1. The lowest BCUT2D eigenvalue weighted by atomic mass is 9.87. The van der Waals surface area contributed by atoms with Crippen LogP contribution in [0, 0.1) is 5.92 Å². The van der Waals surface area contributed by atoms with Crippen LogP contribution in [0.5, 0.6) is 0 Å². The van der Waals surface area contributed by atoms with Crippen molar-refractivity contribution < 1.29 is 18.3 Å². The fraction of sp³-hybridized carbons (Fsp3) is 0.588. The van der Waals surface area contributed by atoms with E-state index in [4.69, 9.17) is 5.11 Å². The van der Waals surface area contributed by atoms with Gasteiger partial charge in [0.1, 0.15) is 0 Å². The SMILES string of the molecule is CC(CN(C)CCS(=O)(=O)c1ccc(C(C)(C)C)cc1)C(=O)O. The summed E-state index contributed by atoms with van der Waals surface area (Å²) < 4.78 is 24.7. The fourth-order valence-corrected chi connectivity index (χ4v) is 3.53. The summed E-state index contributed by atoms with van der Waals surface area (Å²) >= 11 is 0. The normalized spacial score (nSPS) is 14.0. The Morgan fingerprint density at radius 2 is 1.74 bits per heavy atom. The average Bonchev–Trinajstić information content (AvgIpc) is 2.44. The van der Waals surface area contributed by atoms with E-state index in [2.05, 4.69) is 20.8 Å². The second kappa shape index (κ2) is 7.45. The third kappa shape index (κ3) is 5.95. The minimum atomic E-state index is -3.36. The van der Waals surface area contributed by atoms with E-state index in [-0.39, 0.29) is 11.2 Å². The van der Waals surface area contributed by atoms with Crippen LogP contribution in [-0.4, -0.2) is 50.3 Å². The molecule has 130 valence electrons. The van der Waals surface area contributed by atoms with E-state index in [1.165, 1.54) is 0 Å². The van der Waals surface area contributed by atoms with Crippen LogP contribution in [0.3, 0.4) is 0 Å². The summed E-state index contributed by atoms with van der Waals surface area (Å²) in [5.74, 6) is -1.42. The molecule has 0 spiro atoms. The molecule has 1 N–H and O–H groups in total. The molecule has 1 unspecified atom stereocenters. The average molecular weight is 341 g/mol. The topological polar surface area (TPSA) is 74.7 Å². The molecule has 1 rings (SSSR count). The van der Waals surface area contributed by atoms with E-state index in [0.29, 0.717) is 18.0 Å². The number of rotatable bonds is 7. The number of carboxylic acids is 1. The zero-order valence-electron chi connectivity index (χ0n) is 14.5. The van der Waals surface area contributed by atoms with Crippen LogP contribution in [0.2, 0.25) is 0 Å². The third-order valence-corrected chi connectivity index (χ3v) is 5.54. The molecule has 0 radical (unpaired) electrons. The Morgan fingerprint density at radius 1 is 1.22 bits per heavy atom. The molecule has 5 nitrogen and oxygen atoms in total. The Kier molecular flexibility index (Phi) is 6.36. The minimum Gasteiger partial charge on any atom is -0.481 e. The molecule has 0 aliphatic heterocycles. The Balaban J connectivity index is 2.71. The number of hydrogen-bond donors (Lipinski definition) is 1. The van der Waals surface area contributed by atoms with Crippen molar-refractivity contribution in [2.24, 2.45) is 5.92 Å². The quantitative estimate of drug-likeness (QED) is 0.824. The maximum atomic E-state index is 12.4. The highest BCUT2D eigenvalue weighted by molar-refractivity contribution is 7.91. The van der Waals surface area contributed by atoms with Crippen molar-refractivity contribution in [3.05, 3.63) is 29.8 Å². The molecule has 1 atom stereocenters. The van der Waals surface area contributed by atoms with Gasteiger partial charge in [-0.05, 0) is 30.2 Å². The van der Waals surface area contributed by atoms with Gasteiger partial charge < -0.3 is 10.0 Å². The Labute approximate surface area is 139 Å². The molecule has 6 heteroatoms. The number of benzene rings is 1. The lowest BCUT2D eigenvalue weighted by Gasteiger charge is -2.20. The molecule has 0 aliphatic carbocycles. The lowest BCUT2D eigenvalue weighted by Crippen LogP contribution is -2.32. The van der Waals surface area contributed by atoms with Gasteiger partial charge in [0.25, 0.3) is 0 Å². The Bertz CT molecular complexity index is 630. The molecule has 0 aromatic heterocycles. The first-order valence-electron chi connectivity index (χ1n) is 7.68. The molecule has 0 aliphatic rings. The van der Waals surface area contributed by atoms with Crippen LogP contribution in [0.15, 0.2) is 29.2 Å². The highest BCUT2D eigenvalue weighted by Crippen LogP contribution is 2.23. The summed E-state index contributed by atoms with van der Waals surface area (Å²) in [5.41, 5.74) is 1.07. The maximum Gasteiger partial charge on any atom is 0.307 e. The van der Waals surface area contributed by atoms with E-state index in [1.54, 1.807) is 31.0 Å². The van der Waals surface area contributed by atoms with Crippen molar-refractivity contribution in [2.75, 3.05) is 25.9 Å². The van der Waals surface area contributed by atoms with Gasteiger partial charge in [0.2, 0.25) is 0 Å². The van der Waals surface area contributed by atoms with Gasteiger partial charge in [0.15, 0.2) is 9.84 Å². The molecule has 0 fully saturated rings. The summed E-state index contributed by atoms with van der Waals surface area (Å²) in [7, 11) is -1.63. The van der Waals surface area contributed by atoms with Gasteiger partial charge in [-0.25, -0.2) is 8.42 Å². The first-order valence-corrected chi connectivity index (χ1v) is 9.33. The number of sulfone groups is 1. The number of nitrogens with zero attached hydrogens (tertiary/aromatic N) is 1. The monoisotopic (exact) mass is 341 g/mol. The van der Waals surface area contributed by atoms with E-state index >= 15 is 0 Å². The smallest absolute Gasteiger partial charge is 0.307 e. The first-order chi connectivity index (χ1) is 10.4. The van der Waals surface area contributed by atoms with E-state index in [0.717, 1.165) is 5.56 Å². The van der Waals surface area contributed by atoms with Gasteiger partial charge >= 0.3 is 5.97 Å². The fourth-order valence-electron chi connectivity index (χ4n) is 2.19. The second-order valence-corrected chi connectivity index (χ2v) is 9.20. The van der Waals surface area contributed by atoms with E-state index in [9.17, 15) is 13.2 Å². The maximum absolute atomic E-state index is 12.4. The van der Waals surface area contributed by atoms with Crippen LogP contribution in [0.25, 0.3) is 0 Å². The Morgan fingerprint density at radius 3 is 2.17 bits per heavy atom. The summed E-state index contributed by atoms with van der Waals surface area (Å²) in [6, 6.07) is 7.00. The van der Waals surface area contributed by atoms with Crippen molar-refractivity contribution in [3.63, 3.8) is 0 Å². The van der Waals surface area contributed by atoms with Crippen LogP contribution < -0.4 is 0 Å². The van der Waals surface area contributed by atoms with Crippen molar-refractivity contribution >= 4 is 15.8 Å². The Hall–Kier alpha value is -1.40. The second-order valence-electron chi connectivity index (χ2n) is 7.09. The van der Waals surface area contributed by atoms with Crippen LogP contribution >= 0.6 is 0 Å². The van der Waals surface area contributed by atoms with Crippen LogP contribution in [0.4, 0.5) is 0 Å². The molecule has 23 heavy (non-hydrogen) atoms. The van der Waals surface area contributed by atoms with E-state index < -0.39 is 21.7 Å². The standard InChI is InChI=1S/C17H27NO4S/c1-13(16(19)20)12-18(5)10-11-23(21,22)15-8-6-14(7-9-15)17(2,3)4/h6-9,13H,10-12H2,1-5H3,(H,19,20). The number of hydrogen-bond acceptors (Lipinski definition) is 4. The molecule has 1 aromatic carbocycles. The van der Waals surface area contributed by atoms with Gasteiger partial charge in [-0.2, -0.15) is 0 Å². The minimum absolute atomic E-state index is 0.0184. The molecule has 1 aromatic rings. The lowest BCUT2D eigenvalue weighted by molar-refractivity contribution is -0.141. The van der Waals surface area contributed by atoms with Gasteiger partial charge in [-0.15, -0.1) is 0 Å². The first kappa shape index (κ1) is 19.6. The van der Waals surface area contributed by atoms with Crippen LogP contribution in [0.1, 0.15) is 33.3 Å². The summed E-state index contributed by atoms with van der Waals surface area (Å²) in [6.07, 6.45) is 0. The van der Waals surface area contributed by atoms with Gasteiger partial charge in [0, 0.05) is 13.1 Å². The zero-order chi connectivity index (χ0) is 17.8. The van der Waals surface area contributed by atoms with Gasteiger partial charge in [0.05, 0.1) is 16.6 Å². The molecule has 0 heterocycles. The number of aliphatic carboxylic acids is 1. The molecule has 0 bridgehead atoms. The predicted molar refractivity (Wildman–Crippen MR) is 91.5 cm³/mol. The summed E-state index contributed by atoms with van der Waals surface area (Å²) in [5, 5.41) is 8.88. The summed E-state index contributed by atoms with van der Waals surface area (Å²) in [4.78, 5) is 12.9.